The zero-order chi connectivity index (χ0) is 15.1. The van der Waals surface area contributed by atoms with Gasteiger partial charge in [-0.3, -0.25) is 9.59 Å². The molecule has 0 aromatic heterocycles. The van der Waals surface area contributed by atoms with E-state index in [1.807, 2.05) is 13.0 Å². The molecule has 2 rings (SSSR count). The number of halogens is 1. The summed E-state index contributed by atoms with van der Waals surface area (Å²) >= 11 is 0. The number of anilines is 1. The highest BCUT2D eigenvalue weighted by molar-refractivity contribution is 5.97. The van der Waals surface area contributed by atoms with Crippen molar-refractivity contribution < 1.29 is 9.59 Å². The van der Waals surface area contributed by atoms with Crippen LogP contribution in [-0.4, -0.2) is 31.4 Å². The highest BCUT2D eigenvalue weighted by Gasteiger charge is 2.21. The highest BCUT2D eigenvalue weighted by atomic mass is 35.5. The average molecular weight is 326 g/mol. The topological polar surface area (TPSA) is 70.2 Å². The normalized spacial score (nSPS) is 14.8. The predicted octanol–water partition coefficient (Wildman–Crippen LogP) is 2.19. The zero-order valence-corrected chi connectivity index (χ0v) is 13.7. The summed E-state index contributed by atoms with van der Waals surface area (Å²) in [4.78, 5) is 24.1. The fourth-order valence-corrected chi connectivity index (χ4v) is 2.41. The lowest BCUT2D eigenvalue weighted by Gasteiger charge is -2.21. The molecule has 0 unspecified atom stereocenters. The van der Waals surface area contributed by atoms with Crippen molar-refractivity contribution in [2.24, 2.45) is 5.92 Å². The summed E-state index contributed by atoms with van der Waals surface area (Å²) in [7, 11) is 0. The third-order valence-corrected chi connectivity index (χ3v) is 3.64. The smallest absolute Gasteiger partial charge is 0.251 e. The van der Waals surface area contributed by atoms with Gasteiger partial charge in [0.25, 0.3) is 5.91 Å². The van der Waals surface area contributed by atoms with E-state index in [2.05, 4.69) is 16.0 Å². The van der Waals surface area contributed by atoms with Gasteiger partial charge in [0.2, 0.25) is 5.91 Å². The molecule has 0 spiro atoms. The SMILES string of the molecule is CCCNC(=O)c1cccc(NC(=O)C2CCNCC2)c1.Cl. The molecule has 2 amide bonds. The number of hydrogen-bond donors (Lipinski definition) is 3. The van der Waals surface area contributed by atoms with E-state index in [-0.39, 0.29) is 30.1 Å². The van der Waals surface area contributed by atoms with Crippen LogP contribution in [-0.2, 0) is 4.79 Å². The van der Waals surface area contributed by atoms with Gasteiger partial charge in [0.1, 0.15) is 0 Å². The van der Waals surface area contributed by atoms with Crippen LogP contribution in [0.3, 0.4) is 0 Å². The van der Waals surface area contributed by atoms with Crippen LogP contribution in [0.25, 0.3) is 0 Å². The lowest BCUT2D eigenvalue weighted by molar-refractivity contribution is -0.120. The summed E-state index contributed by atoms with van der Waals surface area (Å²) in [5.41, 5.74) is 1.26. The summed E-state index contributed by atoms with van der Waals surface area (Å²) in [5.74, 6) is 0.00116. The molecule has 0 atom stereocenters. The van der Waals surface area contributed by atoms with E-state index >= 15 is 0 Å². The molecule has 122 valence electrons. The Morgan fingerprint density at radius 3 is 2.68 bits per heavy atom. The van der Waals surface area contributed by atoms with E-state index in [1.54, 1.807) is 18.2 Å². The lowest BCUT2D eigenvalue weighted by Crippen LogP contribution is -2.34. The van der Waals surface area contributed by atoms with Crippen molar-refractivity contribution in [3.8, 4) is 0 Å². The zero-order valence-electron chi connectivity index (χ0n) is 12.9. The van der Waals surface area contributed by atoms with Crippen LogP contribution >= 0.6 is 12.4 Å². The monoisotopic (exact) mass is 325 g/mol. The molecule has 1 aliphatic heterocycles. The number of hydrogen-bond acceptors (Lipinski definition) is 3. The van der Waals surface area contributed by atoms with Gasteiger partial charge in [-0.25, -0.2) is 0 Å². The summed E-state index contributed by atoms with van der Waals surface area (Å²) in [6, 6.07) is 7.09. The minimum absolute atomic E-state index is 0. The van der Waals surface area contributed by atoms with Gasteiger partial charge in [0, 0.05) is 23.7 Å². The molecule has 0 aliphatic carbocycles. The van der Waals surface area contributed by atoms with Gasteiger partial charge in [0.15, 0.2) is 0 Å². The Labute approximate surface area is 137 Å². The van der Waals surface area contributed by atoms with E-state index in [9.17, 15) is 9.59 Å². The molecule has 0 saturated carbocycles. The van der Waals surface area contributed by atoms with E-state index in [1.165, 1.54) is 0 Å². The van der Waals surface area contributed by atoms with Crippen molar-refractivity contribution in [2.75, 3.05) is 25.0 Å². The van der Waals surface area contributed by atoms with Crippen LogP contribution in [0.15, 0.2) is 24.3 Å². The molecule has 0 radical (unpaired) electrons. The van der Waals surface area contributed by atoms with Gasteiger partial charge in [-0.15, -0.1) is 12.4 Å². The van der Waals surface area contributed by atoms with Crippen LogP contribution in [0.1, 0.15) is 36.5 Å². The molecule has 22 heavy (non-hydrogen) atoms. The van der Waals surface area contributed by atoms with E-state index in [4.69, 9.17) is 0 Å². The molecule has 1 aliphatic rings. The van der Waals surface area contributed by atoms with Crippen LogP contribution in [0, 0.1) is 5.92 Å². The minimum atomic E-state index is -0.102. The number of piperidine rings is 1. The molecule has 1 fully saturated rings. The molecule has 5 nitrogen and oxygen atoms in total. The second-order valence-electron chi connectivity index (χ2n) is 5.35. The van der Waals surface area contributed by atoms with E-state index < -0.39 is 0 Å². The Bertz CT molecular complexity index is 502. The first-order chi connectivity index (χ1) is 10.2. The largest absolute Gasteiger partial charge is 0.352 e. The molecule has 3 N–H and O–H groups in total. The lowest BCUT2D eigenvalue weighted by atomic mass is 9.97. The van der Waals surface area contributed by atoms with E-state index in [0.717, 1.165) is 32.4 Å². The second-order valence-corrected chi connectivity index (χ2v) is 5.35. The van der Waals surface area contributed by atoms with Crippen LogP contribution in [0.2, 0.25) is 0 Å². The van der Waals surface area contributed by atoms with Crippen LogP contribution in [0.5, 0.6) is 0 Å². The number of rotatable bonds is 5. The van der Waals surface area contributed by atoms with Crippen molar-refractivity contribution in [3.63, 3.8) is 0 Å². The van der Waals surface area contributed by atoms with Gasteiger partial charge >= 0.3 is 0 Å². The first-order valence-corrected chi connectivity index (χ1v) is 7.60. The summed E-state index contributed by atoms with van der Waals surface area (Å²) in [6.45, 7) is 4.44. The van der Waals surface area contributed by atoms with Gasteiger partial charge in [-0.1, -0.05) is 13.0 Å². The van der Waals surface area contributed by atoms with Crippen molar-refractivity contribution in [1.29, 1.82) is 0 Å². The average Bonchev–Trinajstić information content (AvgIpc) is 2.53. The third-order valence-electron chi connectivity index (χ3n) is 3.64. The Balaban J connectivity index is 0.00000242. The summed E-state index contributed by atoms with van der Waals surface area (Å²) < 4.78 is 0. The van der Waals surface area contributed by atoms with Gasteiger partial charge in [0.05, 0.1) is 0 Å². The van der Waals surface area contributed by atoms with Crippen molar-refractivity contribution in [2.45, 2.75) is 26.2 Å². The van der Waals surface area contributed by atoms with Gasteiger partial charge in [-0.2, -0.15) is 0 Å². The Kier molecular flexibility index (Phi) is 7.91. The number of carbonyl (C=O) groups is 2. The molecule has 6 heteroatoms. The second kappa shape index (κ2) is 9.43. The molecule has 1 heterocycles. The Morgan fingerprint density at radius 2 is 2.00 bits per heavy atom. The summed E-state index contributed by atoms with van der Waals surface area (Å²) in [5, 5.41) is 8.99. The quantitative estimate of drug-likeness (QED) is 0.777. The van der Waals surface area contributed by atoms with Crippen LogP contribution in [0.4, 0.5) is 5.69 Å². The molecule has 1 aromatic rings. The van der Waals surface area contributed by atoms with Crippen molar-refractivity contribution in [1.82, 2.24) is 10.6 Å². The molecular weight excluding hydrogens is 302 g/mol. The fourth-order valence-electron chi connectivity index (χ4n) is 2.41. The Morgan fingerprint density at radius 1 is 1.27 bits per heavy atom. The maximum absolute atomic E-state index is 12.2. The van der Waals surface area contributed by atoms with Crippen LogP contribution < -0.4 is 16.0 Å². The van der Waals surface area contributed by atoms with Crippen molar-refractivity contribution >= 4 is 29.9 Å². The van der Waals surface area contributed by atoms with Gasteiger partial charge < -0.3 is 16.0 Å². The van der Waals surface area contributed by atoms with Gasteiger partial charge in [-0.05, 0) is 50.6 Å². The Hall–Kier alpha value is -1.59. The highest BCUT2D eigenvalue weighted by Crippen LogP contribution is 2.16. The maximum atomic E-state index is 12.2. The fraction of sp³-hybridized carbons (Fsp3) is 0.500. The first kappa shape index (κ1) is 18.5. The number of amides is 2. The minimum Gasteiger partial charge on any atom is -0.352 e. The number of carbonyl (C=O) groups excluding carboxylic acids is 2. The maximum Gasteiger partial charge on any atom is 0.251 e. The third kappa shape index (κ3) is 5.31. The molecule has 0 bridgehead atoms. The summed E-state index contributed by atoms with van der Waals surface area (Å²) in [6.07, 6.45) is 2.63. The molecule has 1 aromatic carbocycles. The number of benzene rings is 1. The first-order valence-electron chi connectivity index (χ1n) is 7.60. The molecular formula is C16H24ClN3O2. The molecule has 1 saturated heterocycles. The standard InChI is InChI=1S/C16H23N3O2.ClH/c1-2-8-18-15(20)13-4-3-5-14(11-13)19-16(21)12-6-9-17-10-7-12;/h3-5,11-12,17H,2,6-10H2,1H3,(H,18,20)(H,19,21);1H. The predicted molar refractivity (Wildman–Crippen MR) is 90.5 cm³/mol. The van der Waals surface area contributed by atoms with Crippen molar-refractivity contribution in [3.05, 3.63) is 29.8 Å². The van der Waals surface area contributed by atoms with E-state index in [0.29, 0.717) is 17.8 Å². The number of nitrogens with one attached hydrogen (secondary N) is 3.